The fourth-order valence-electron chi connectivity index (χ4n) is 2.06. The van der Waals surface area contributed by atoms with Crippen molar-refractivity contribution < 1.29 is 8.42 Å². The lowest BCUT2D eigenvalue weighted by Gasteiger charge is -2.06. The third kappa shape index (κ3) is 2.59. The predicted molar refractivity (Wildman–Crippen MR) is 77.6 cm³/mol. The summed E-state index contributed by atoms with van der Waals surface area (Å²) in [5.41, 5.74) is 2.64. The number of sulfone groups is 1. The first-order valence-corrected chi connectivity index (χ1v) is 8.49. The molecule has 0 fully saturated rings. The summed E-state index contributed by atoms with van der Waals surface area (Å²) in [6.45, 7) is 6.64. The molecule has 2 rings (SSSR count). The van der Waals surface area contributed by atoms with Gasteiger partial charge in [-0.3, -0.25) is 0 Å². The van der Waals surface area contributed by atoms with E-state index in [2.05, 4.69) is 10.1 Å². The Morgan fingerprint density at radius 1 is 1.37 bits per heavy atom. The predicted octanol–water partition coefficient (Wildman–Crippen LogP) is 1.66. The molecule has 0 spiro atoms. The summed E-state index contributed by atoms with van der Waals surface area (Å²) in [7, 11) is -3.00. The number of imidazole rings is 1. The molecule has 6 nitrogen and oxygen atoms in total. The first-order chi connectivity index (χ1) is 8.89. The summed E-state index contributed by atoms with van der Waals surface area (Å²) in [6.07, 6.45) is 0. The third-order valence-electron chi connectivity index (χ3n) is 3.20. The molecule has 0 amide bonds. The van der Waals surface area contributed by atoms with E-state index in [-0.39, 0.29) is 11.5 Å². The molecule has 0 unspecified atom stereocenters. The van der Waals surface area contributed by atoms with Crippen molar-refractivity contribution in [3.05, 3.63) is 10.5 Å². The van der Waals surface area contributed by atoms with Gasteiger partial charge in [-0.2, -0.15) is 5.10 Å². The van der Waals surface area contributed by atoms with Crippen molar-refractivity contribution in [1.82, 2.24) is 19.3 Å². The molecule has 106 valence electrons. The molecule has 0 aliphatic heterocycles. The highest BCUT2D eigenvalue weighted by Gasteiger charge is 2.15. The summed E-state index contributed by atoms with van der Waals surface area (Å²) >= 11 is 5.27. The molecule has 1 N–H and O–H groups in total. The van der Waals surface area contributed by atoms with Gasteiger partial charge in [-0.05, 0) is 26.1 Å². The van der Waals surface area contributed by atoms with Crippen LogP contribution < -0.4 is 0 Å². The Kier molecular flexibility index (Phi) is 3.82. The van der Waals surface area contributed by atoms with Crippen LogP contribution in [0.4, 0.5) is 0 Å². The fourth-order valence-corrected chi connectivity index (χ4v) is 3.09. The standard InChI is InChI=1S/C11H18N4O2S2/c1-4-15-10-9(8(3)13-15)12-11(18)14(10)6-7-19(16,17)5-2/h4-7H2,1-3H3,(H,12,18). The second-order valence-corrected chi connectivity index (χ2v) is 7.28. The fraction of sp³-hybridized carbons (Fsp3) is 0.636. The van der Waals surface area contributed by atoms with Gasteiger partial charge in [0.1, 0.15) is 5.52 Å². The molecular formula is C11H18N4O2S2. The van der Waals surface area contributed by atoms with E-state index in [1.807, 2.05) is 23.1 Å². The van der Waals surface area contributed by atoms with Crippen LogP contribution in [-0.2, 0) is 22.9 Å². The van der Waals surface area contributed by atoms with Crippen LogP contribution >= 0.6 is 12.2 Å². The molecule has 0 aliphatic carbocycles. The van der Waals surface area contributed by atoms with Gasteiger partial charge in [0.15, 0.2) is 20.3 Å². The number of aromatic nitrogens is 4. The zero-order chi connectivity index (χ0) is 14.2. The minimum Gasteiger partial charge on any atom is -0.328 e. The Morgan fingerprint density at radius 3 is 2.63 bits per heavy atom. The highest BCUT2D eigenvalue weighted by Crippen LogP contribution is 2.18. The quantitative estimate of drug-likeness (QED) is 0.853. The maximum Gasteiger partial charge on any atom is 0.179 e. The van der Waals surface area contributed by atoms with Gasteiger partial charge in [-0.25, -0.2) is 13.1 Å². The number of aromatic amines is 1. The summed E-state index contributed by atoms with van der Waals surface area (Å²) in [4.78, 5) is 3.10. The number of nitrogens with zero attached hydrogens (tertiary/aromatic N) is 3. The largest absolute Gasteiger partial charge is 0.328 e. The van der Waals surface area contributed by atoms with Crippen LogP contribution in [0.1, 0.15) is 19.5 Å². The van der Waals surface area contributed by atoms with Crippen LogP contribution in [0.15, 0.2) is 0 Å². The molecule has 19 heavy (non-hydrogen) atoms. The van der Waals surface area contributed by atoms with Gasteiger partial charge in [-0.1, -0.05) is 6.92 Å². The molecule has 2 aromatic rings. The van der Waals surface area contributed by atoms with Gasteiger partial charge in [0.25, 0.3) is 0 Å². The van der Waals surface area contributed by atoms with E-state index < -0.39 is 9.84 Å². The molecule has 2 heterocycles. The van der Waals surface area contributed by atoms with Gasteiger partial charge in [0, 0.05) is 18.8 Å². The van der Waals surface area contributed by atoms with Crippen molar-refractivity contribution in [3.8, 4) is 0 Å². The van der Waals surface area contributed by atoms with Crippen LogP contribution in [0.25, 0.3) is 11.2 Å². The van der Waals surface area contributed by atoms with Crippen LogP contribution in [0.3, 0.4) is 0 Å². The maximum absolute atomic E-state index is 11.6. The monoisotopic (exact) mass is 302 g/mol. The summed E-state index contributed by atoms with van der Waals surface area (Å²) in [5, 5.41) is 4.40. The number of aryl methyl sites for hydroxylation is 3. The van der Waals surface area contributed by atoms with Gasteiger partial charge < -0.3 is 9.55 Å². The number of rotatable bonds is 5. The van der Waals surface area contributed by atoms with E-state index in [9.17, 15) is 8.42 Å². The van der Waals surface area contributed by atoms with Gasteiger partial charge in [0.05, 0.1) is 11.4 Å². The second kappa shape index (κ2) is 5.09. The van der Waals surface area contributed by atoms with Crippen LogP contribution in [0, 0.1) is 11.7 Å². The number of nitrogens with one attached hydrogen (secondary N) is 1. The molecular weight excluding hydrogens is 284 g/mol. The highest BCUT2D eigenvalue weighted by atomic mass is 32.2. The SMILES string of the molecule is CCn1nc(C)c2[nH]c(=S)n(CCS(=O)(=O)CC)c21. The van der Waals surface area contributed by atoms with Crippen LogP contribution in [0.2, 0.25) is 0 Å². The number of hydrogen-bond donors (Lipinski definition) is 1. The van der Waals surface area contributed by atoms with Crippen molar-refractivity contribution in [2.24, 2.45) is 0 Å². The van der Waals surface area contributed by atoms with Crippen molar-refractivity contribution >= 4 is 33.2 Å². The number of hydrogen-bond acceptors (Lipinski definition) is 4. The second-order valence-electron chi connectivity index (χ2n) is 4.42. The third-order valence-corrected chi connectivity index (χ3v) is 5.21. The summed E-state index contributed by atoms with van der Waals surface area (Å²) in [6, 6.07) is 0. The van der Waals surface area contributed by atoms with Crippen LogP contribution in [-0.4, -0.2) is 39.3 Å². The first kappa shape index (κ1) is 14.3. The lowest BCUT2D eigenvalue weighted by atomic mass is 10.4. The molecule has 0 aromatic carbocycles. The van der Waals surface area contributed by atoms with Gasteiger partial charge in [-0.15, -0.1) is 0 Å². The van der Waals surface area contributed by atoms with Gasteiger partial charge >= 0.3 is 0 Å². The number of fused-ring (bicyclic) bond motifs is 1. The maximum atomic E-state index is 11.6. The molecule has 0 bridgehead atoms. The molecule has 0 saturated carbocycles. The summed E-state index contributed by atoms with van der Waals surface area (Å²) in [5.74, 6) is 0.249. The Bertz CT molecular complexity index is 752. The molecule has 0 saturated heterocycles. The van der Waals surface area contributed by atoms with E-state index in [4.69, 9.17) is 12.2 Å². The van der Waals surface area contributed by atoms with Crippen molar-refractivity contribution in [3.63, 3.8) is 0 Å². The first-order valence-electron chi connectivity index (χ1n) is 6.26. The zero-order valence-electron chi connectivity index (χ0n) is 11.3. The van der Waals surface area contributed by atoms with Crippen LogP contribution in [0.5, 0.6) is 0 Å². The Labute approximate surface area is 117 Å². The Hall–Kier alpha value is -1.15. The van der Waals surface area contributed by atoms with Gasteiger partial charge in [0.2, 0.25) is 0 Å². The minimum absolute atomic E-state index is 0.0959. The number of H-pyrrole nitrogens is 1. The highest BCUT2D eigenvalue weighted by molar-refractivity contribution is 7.91. The summed E-state index contributed by atoms with van der Waals surface area (Å²) < 4.78 is 27.5. The molecule has 0 radical (unpaired) electrons. The normalized spacial score (nSPS) is 12.4. The average molecular weight is 302 g/mol. The van der Waals surface area contributed by atoms with E-state index in [0.717, 1.165) is 23.4 Å². The Morgan fingerprint density at radius 2 is 2.05 bits per heavy atom. The smallest absolute Gasteiger partial charge is 0.179 e. The zero-order valence-corrected chi connectivity index (χ0v) is 12.9. The van der Waals surface area contributed by atoms with E-state index in [1.54, 1.807) is 6.92 Å². The van der Waals surface area contributed by atoms with E-state index >= 15 is 0 Å². The lowest BCUT2D eigenvalue weighted by molar-refractivity contribution is 0.587. The molecule has 8 heteroatoms. The minimum atomic E-state index is -3.00. The topological polar surface area (TPSA) is 72.7 Å². The molecule has 0 aliphatic rings. The Balaban J connectivity index is 2.48. The van der Waals surface area contributed by atoms with E-state index in [1.165, 1.54) is 0 Å². The van der Waals surface area contributed by atoms with E-state index in [0.29, 0.717) is 11.3 Å². The average Bonchev–Trinajstić information content (AvgIpc) is 2.85. The molecule has 0 atom stereocenters. The molecule has 2 aromatic heterocycles. The van der Waals surface area contributed by atoms with Crippen molar-refractivity contribution in [2.45, 2.75) is 33.9 Å². The van der Waals surface area contributed by atoms with Crippen molar-refractivity contribution in [1.29, 1.82) is 0 Å². The van der Waals surface area contributed by atoms with Crippen molar-refractivity contribution in [2.75, 3.05) is 11.5 Å². The lowest BCUT2D eigenvalue weighted by Crippen LogP contribution is -2.16.